The lowest BCUT2D eigenvalue weighted by atomic mass is 10.1. The molecule has 0 saturated carbocycles. The number of thiophene rings is 1. The van der Waals surface area contributed by atoms with E-state index in [1.807, 2.05) is 12.3 Å². The molecule has 1 heterocycles. The van der Waals surface area contributed by atoms with Crippen molar-refractivity contribution in [3.8, 4) is 0 Å². The van der Waals surface area contributed by atoms with Crippen molar-refractivity contribution in [2.24, 2.45) is 5.73 Å². The predicted molar refractivity (Wildman–Crippen MR) is 98.2 cm³/mol. The lowest BCUT2D eigenvalue weighted by Crippen LogP contribution is -2.21. The summed E-state index contributed by atoms with van der Waals surface area (Å²) >= 11 is 12.1. The second kappa shape index (κ2) is 6.93. The van der Waals surface area contributed by atoms with Crippen LogP contribution in [-0.4, -0.2) is 18.3 Å². The molecular weight excluding hydrogens is 372 g/mol. The zero-order chi connectivity index (χ0) is 14.7. The third kappa shape index (κ3) is 3.55. The number of nitrogens with two attached hydrogens (primary N) is 1. The topological polar surface area (TPSA) is 29.3 Å². The van der Waals surface area contributed by atoms with Gasteiger partial charge in [-0.3, -0.25) is 0 Å². The Morgan fingerprint density at radius 1 is 1.50 bits per heavy atom. The van der Waals surface area contributed by atoms with E-state index in [4.69, 9.17) is 18.0 Å². The van der Waals surface area contributed by atoms with Gasteiger partial charge >= 0.3 is 0 Å². The Morgan fingerprint density at radius 2 is 2.25 bits per heavy atom. The van der Waals surface area contributed by atoms with Crippen LogP contribution in [0.25, 0.3) is 0 Å². The molecule has 20 heavy (non-hydrogen) atoms. The number of halogens is 1. The van der Waals surface area contributed by atoms with Crippen LogP contribution in [0.15, 0.2) is 39.0 Å². The zero-order valence-electron chi connectivity index (χ0n) is 11.2. The molecule has 0 aliphatic rings. The summed E-state index contributed by atoms with van der Waals surface area (Å²) in [6, 6.07) is 8.30. The molecule has 0 radical (unpaired) electrons. The first-order valence-corrected chi connectivity index (χ1v) is 9.24. The van der Waals surface area contributed by atoms with E-state index in [0.29, 0.717) is 4.99 Å². The Hall–Kier alpha value is -0.560. The van der Waals surface area contributed by atoms with E-state index in [1.54, 1.807) is 23.1 Å². The van der Waals surface area contributed by atoms with Gasteiger partial charge < -0.3 is 10.6 Å². The van der Waals surface area contributed by atoms with Gasteiger partial charge in [-0.05, 0) is 40.4 Å². The van der Waals surface area contributed by atoms with Crippen LogP contribution in [0.2, 0.25) is 0 Å². The Morgan fingerprint density at radius 3 is 2.80 bits per heavy atom. The molecule has 0 amide bonds. The summed E-state index contributed by atoms with van der Waals surface area (Å²) in [7, 11) is 2.06. The van der Waals surface area contributed by atoms with Crippen molar-refractivity contribution >= 4 is 61.9 Å². The number of rotatable bonds is 5. The van der Waals surface area contributed by atoms with Crippen molar-refractivity contribution in [2.75, 3.05) is 18.2 Å². The van der Waals surface area contributed by atoms with E-state index < -0.39 is 0 Å². The summed E-state index contributed by atoms with van der Waals surface area (Å²) in [4.78, 5) is 5.05. The van der Waals surface area contributed by atoms with Crippen molar-refractivity contribution < 1.29 is 0 Å². The molecule has 2 nitrogen and oxygen atoms in total. The van der Waals surface area contributed by atoms with Crippen molar-refractivity contribution in [3.63, 3.8) is 0 Å². The minimum atomic E-state index is 0.448. The fourth-order valence-corrected chi connectivity index (χ4v) is 4.43. The van der Waals surface area contributed by atoms with Crippen LogP contribution in [0, 0.1) is 0 Å². The molecular formula is C14H15BrN2S3. The first-order chi connectivity index (χ1) is 9.52. The summed E-state index contributed by atoms with van der Waals surface area (Å²) in [5.41, 5.74) is 7.96. The van der Waals surface area contributed by atoms with Gasteiger partial charge in [-0.1, -0.05) is 18.3 Å². The Bertz CT molecular complexity index is 625. The van der Waals surface area contributed by atoms with E-state index in [1.165, 1.54) is 4.88 Å². The van der Waals surface area contributed by atoms with E-state index in [0.717, 1.165) is 27.2 Å². The molecule has 0 aliphatic heterocycles. The van der Waals surface area contributed by atoms with Crippen LogP contribution < -0.4 is 10.6 Å². The SMILES string of the molecule is CSc1cccc(N(C)Cc2cc(Br)cs2)c1C(N)=S. The van der Waals surface area contributed by atoms with E-state index >= 15 is 0 Å². The van der Waals surface area contributed by atoms with E-state index in [-0.39, 0.29) is 0 Å². The fraction of sp³-hybridized carbons (Fsp3) is 0.214. The number of hydrogen-bond acceptors (Lipinski definition) is 4. The zero-order valence-corrected chi connectivity index (χ0v) is 15.3. The molecule has 1 aromatic carbocycles. The molecule has 0 saturated heterocycles. The van der Waals surface area contributed by atoms with Gasteiger partial charge in [0.15, 0.2) is 0 Å². The quantitative estimate of drug-likeness (QED) is 0.604. The average molecular weight is 387 g/mol. The number of benzene rings is 1. The largest absolute Gasteiger partial charge is 0.389 e. The van der Waals surface area contributed by atoms with Crippen molar-refractivity contribution in [1.29, 1.82) is 0 Å². The maximum atomic E-state index is 5.91. The molecule has 2 rings (SSSR count). The van der Waals surface area contributed by atoms with Crippen molar-refractivity contribution in [3.05, 3.63) is 44.6 Å². The number of thioether (sulfide) groups is 1. The highest BCUT2D eigenvalue weighted by atomic mass is 79.9. The highest BCUT2D eigenvalue weighted by molar-refractivity contribution is 9.10. The van der Waals surface area contributed by atoms with Gasteiger partial charge in [0.1, 0.15) is 4.99 Å². The van der Waals surface area contributed by atoms with Gasteiger partial charge in [-0.15, -0.1) is 23.1 Å². The van der Waals surface area contributed by atoms with E-state index in [9.17, 15) is 0 Å². The smallest absolute Gasteiger partial charge is 0.107 e. The molecule has 2 N–H and O–H groups in total. The molecule has 0 aliphatic carbocycles. The molecule has 0 fully saturated rings. The second-order valence-electron chi connectivity index (χ2n) is 4.31. The Labute approximate surface area is 141 Å². The number of anilines is 1. The van der Waals surface area contributed by atoms with Gasteiger partial charge in [0.2, 0.25) is 0 Å². The van der Waals surface area contributed by atoms with Crippen LogP contribution in [0.5, 0.6) is 0 Å². The summed E-state index contributed by atoms with van der Waals surface area (Å²) < 4.78 is 1.12. The molecule has 2 aromatic rings. The highest BCUT2D eigenvalue weighted by Crippen LogP contribution is 2.31. The van der Waals surface area contributed by atoms with Crippen LogP contribution in [0.1, 0.15) is 10.4 Å². The number of hydrogen-bond donors (Lipinski definition) is 1. The molecule has 0 spiro atoms. The third-order valence-corrected chi connectivity index (χ3v) is 5.56. The summed E-state index contributed by atoms with van der Waals surface area (Å²) in [6.07, 6.45) is 2.04. The van der Waals surface area contributed by atoms with Gasteiger partial charge in [-0.25, -0.2) is 0 Å². The molecule has 0 unspecified atom stereocenters. The van der Waals surface area contributed by atoms with E-state index in [2.05, 4.69) is 51.5 Å². The van der Waals surface area contributed by atoms with Gasteiger partial charge in [0.05, 0.1) is 6.54 Å². The second-order valence-corrected chi connectivity index (χ2v) is 7.51. The molecule has 6 heteroatoms. The lowest BCUT2D eigenvalue weighted by Gasteiger charge is -2.23. The average Bonchev–Trinajstić information content (AvgIpc) is 2.82. The first-order valence-electron chi connectivity index (χ1n) is 5.93. The number of nitrogens with zero attached hydrogens (tertiary/aromatic N) is 1. The van der Waals surface area contributed by atoms with Crippen LogP contribution >= 0.6 is 51.2 Å². The van der Waals surface area contributed by atoms with Crippen LogP contribution in [-0.2, 0) is 6.54 Å². The van der Waals surface area contributed by atoms with Gasteiger partial charge in [0.25, 0.3) is 0 Å². The van der Waals surface area contributed by atoms with Gasteiger partial charge in [-0.2, -0.15) is 0 Å². The maximum absolute atomic E-state index is 5.91. The minimum Gasteiger partial charge on any atom is -0.389 e. The van der Waals surface area contributed by atoms with Gasteiger partial charge in [0, 0.05) is 37.9 Å². The predicted octanol–water partition coefficient (Wildman–Crippen LogP) is 4.50. The Balaban J connectivity index is 2.34. The summed E-state index contributed by atoms with van der Waals surface area (Å²) in [5, 5.41) is 2.09. The molecule has 1 aromatic heterocycles. The fourth-order valence-electron chi connectivity index (χ4n) is 2.01. The van der Waals surface area contributed by atoms with Crippen LogP contribution in [0.3, 0.4) is 0 Å². The van der Waals surface area contributed by atoms with Crippen molar-refractivity contribution in [1.82, 2.24) is 0 Å². The summed E-state index contributed by atoms with van der Waals surface area (Å²) in [6.45, 7) is 0.837. The summed E-state index contributed by atoms with van der Waals surface area (Å²) in [5.74, 6) is 0. The monoisotopic (exact) mass is 386 g/mol. The molecule has 106 valence electrons. The minimum absolute atomic E-state index is 0.448. The maximum Gasteiger partial charge on any atom is 0.107 e. The number of thiocarbonyl (C=S) groups is 1. The lowest BCUT2D eigenvalue weighted by molar-refractivity contribution is 0.935. The van der Waals surface area contributed by atoms with Crippen LogP contribution in [0.4, 0.5) is 5.69 Å². The highest BCUT2D eigenvalue weighted by Gasteiger charge is 2.14. The van der Waals surface area contributed by atoms with Crippen molar-refractivity contribution in [2.45, 2.75) is 11.4 Å². The first kappa shape index (κ1) is 15.8. The molecule has 0 bridgehead atoms. The third-order valence-electron chi connectivity index (χ3n) is 2.90. The Kier molecular flexibility index (Phi) is 5.49. The standard InChI is InChI=1S/C14H15BrN2S3/c1-17(7-10-6-9(15)8-20-10)11-4-3-5-12(19-2)13(11)14(16)18/h3-6,8H,7H2,1-2H3,(H2,16,18). The normalized spacial score (nSPS) is 10.6. The molecule has 0 atom stereocenters.